The van der Waals surface area contributed by atoms with E-state index in [-0.39, 0.29) is 11.1 Å². The Hall–Kier alpha value is -3.81. The number of aromatic nitrogens is 1. The number of carbonyl (C=O) groups is 2. The summed E-state index contributed by atoms with van der Waals surface area (Å²) < 4.78 is 5.51. The van der Waals surface area contributed by atoms with Crippen molar-refractivity contribution in [2.45, 2.75) is 6.92 Å². The van der Waals surface area contributed by atoms with Crippen LogP contribution < -0.4 is 11.3 Å². The van der Waals surface area contributed by atoms with E-state index in [0.717, 1.165) is 5.76 Å². The quantitative estimate of drug-likeness (QED) is 0.563. The maximum Gasteiger partial charge on any atom is 0.342 e. The summed E-state index contributed by atoms with van der Waals surface area (Å²) in [6.07, 6.45) is 0. The molecule has 26 heavy (non-hydrogen) atoms. The lowest BCUT2D eigenvalue weighted by Crippen LogP contribution is -2.24. The number of furan rings is 1. The van der Waals surface area contributed by atoms with Crippen LogP contribution in [0.15, 0.2) is 45.6 Å². The molecule has 5 N–H and O–H groups in total. The highest BCUT2D eigenvalue weighted by molar-refractivity contribution is 6.07. The van der Waals surface area contributed by atoms with Crippen LogP contribution in [0.2, 0.25) is 0 Å². The highest BCUT2D eigenvalue weighted by Gasteiger charge is 2.26. The van der Waals surface area contributed by atoms with Gasteiger partial charge in [-0.15, -0.1) is 0 Å². The molecule has 8 heteroatoms. The summed E-state index contributed by atoms with van der Waals surface area (Å²) in [5.41, 5.74) is 4.20. The Balaban J connectivity index is 2.24. The largest absolute Gasteiger partial charge is 0.478 e. The third kappa shape index (κ3) is 2.84. The fourth-order valence-corrected chi connectivity index (χ4v) is 2.73. The number of H-pyrrole nitrogens is 1. The minimum atomic E-state index is -1.55. The van der Waals surface area contributed by atoms with Crippen molar-refractivity contribution in [3.63, 3.8) is 0 Å². The summed E-state index contributed by atoms with van der Waals surface area (Å²) in [6, 6.07) is 9.89. The summed E-state index contributed by atoms with van der Waals surface area (Å²) in [4.78, 5) is 37.2. The maximum absolute atomic E-state index is 12.0. The Morgan fingerprint density at radius 2 is 1.54 bits per heavy atom. The average molecular weight is 354 g/mol. The number of hydrogen-bond donors (Lipinski definition) is 4. The highest BCUT2D eigenvalue weighted by atomic mass is 16.4. The molecular formula is C18H14N2O6. The van der Waals surface area contributed by atoms with Crippen LogP contribution in [-0.2, 0) is 0 Å². The number of carboxylic acid groups (broad SMARTS) is 2. The van der Waals surface area contributed by atoms with Gasteiger partial charge in [-0.25, -0.2) is 9.59 Å². The summed E-state index contributed by atoms with van der Waals surface area (Å²) in [5, 5.41) is 18.8. The Morgan fingerprint density at radius 3 is 2.04 bits per heavy atom. The summed E-state index contributed by atoms with van der Waals surface area (Å²) in [6.45, 7) is 1.80. The predicted octanol–water partition coefficient (Wildman–Crippen LogP) is 2.59. The van der Waals surface area contributed by atoms with Crippen molar-refractivity contribution in [2.24, 2.45) is 0 Å². The van der Waals surface area contributed by atoms with E-state index in [4.69, 9.17) is 10.2 Å². The first-order valence-electron chi connectivity index (χ1n) is 7.49. The van der Waals surface area contributed by atoms with E-state index in [1.807, 2.05) is 0 Å². The normalized spacial score (nSPS) is 10.7. The van der Waals surface area contributed by atoms with Crippen molar-refractivity contribution in [1.82, 2.24) is 4.98 Å². The monoisotopic (exact) mass is 354 g/mol. The van der Waals surface area contributed by atoms with E-state index >= 15 is 0 Å². The maximum atomic E-state index is 12.0. The zero-order valence-corrected chi connectivity index (χ0v) is 13.6. The summed E-state index contributed by atoms with van der Waals surface area (Å²) in [7, 11) is 0. The van der Waals surface area contributed by atoms with Gasteiger partial charge in [-0.05, 0) is 24.6 Å². The number of nitrogens with two attached hydrogens (primary N) is 1. The first kappa shape index (κ1) is 17.0. The third-order valence-electron chi connectivity index (χ3n) is 3.87. The number of nitrogens with one attached hydrogen (secondary N) is 1. The minimum Gasteiger partial charge on any atom is -0.478 e. The second-order valence-corrected chi connectivity index (χ2v) is 5.59. The molecule has 0 spiro atoms. The molecule has 2 aromatic heterocycles. The fourth-order valence-electron chi connectivity index (χ4n) is 2.73. The van der Waals surface area contributed by atoms with Gasteiger partial charge in [-0.2, -0.15) is 0 Å². The van der Waals surface area contributed by atoms with Gasteiger partial charge >= 0.3 is 11.9 Å². The van der Waals surface area contributed by atoms with Gasteiger partial charge in [0.25, 0.3) is 5.56 Å². The zero-order chi connectivity index (χ0) is 19.0. The number of hydrogen-bond acceptors (Lipinski definition) is 5. The molecule has 0 atom stereocenters. The first-order chi connectivity index (χ1) is 12.3. The number of pyridine rings is 1. The lowest BCUT2D eigenvalue weighted by atomic mass is 9.94. The number of anilines is 1. The molecule has 3 rings (SSSR count). The number of aromatic amines is 1. The molecule has 0 fully saturated rings. The molecule has 132 valence electrons. The third-order valence-corrected chi connectivity index (χ3v) is 3.87. The van der Waals surface area contributed by atoms with E-state index < -0.39 is 34.4 Å². The zero-order valence-electron chi connectivity index (χ0n) is 13.6. The van der Waals surface area contributed by atoms with Gasteiger partial charge in [0.15, 0.2) is 0 Å². The lowest BCUT2D eigenvalue weighted by Gasteiger charge is -2.12. The smallest absolute Gasteiger partial charge is 0.342 e. The van der Waals surface area contributed by atoms with Gasteiger partial charge in [0.1, 0.15) is 28.5 Å². The van der Waals surface area contributed by atoms with Crippen molar-refractivity contribution < 1.29 is 24.2 Å². The molecule has 0 saturated carbocycles. The van der Waals surface area contributed by atoms with Gasteiger partial charge in [-0.3, -0.25) is 4.79 Å². The standard InChI is InChI=1S/C18H14N2O6/c1-8-2-7-11(26-8)9-3-5-10(6-4-9)12-13(17(22)23)15(19)20-16(21)14(12)18(24)25/h2-7H,1H3,(H,22,23)(H,24,25)(H3,19,20,21). The molecule has 0 unspecified atom stereocenters. The van der Waals surface area contributed by atoms with Crippen LogP contribution >= 0.6 is 0 Å². The molecular weight excluding hydrogens is 340 g/mol. The highest BCUT2D eigenvalue weighted by Crippen LogP contribution is 2.31. The molecule has 0 aliphatic heterocycles. The Kier molecular flexibility index (Phi) is 4.09. The average Bonchev–Trinajstić information content (AvgIpc) is 3.00. The van der Waals surface area contributed by atoms with E-state index in [2.05, 4.69) is 4.98 Å². The van der Waals surface area contributed by atoms with E-state index in [1.54, 1.807) is 31.2 Å². The van der Waals surface area contributed by atoms with Crippen LogP contribution in [0.5, 0.6) is 0 Å². The molecule has 0 aliphatic carbocycles. The van der Waals surface area contributed by atoms with Crippen molar-refractivity contribution in [3.05, 3.63) is 63.6 Å². The molecule has 0 saturated heterocycles. The molecule has 0 radical (unpaired) electrons. The molecule has 8 nitrogen and oxygen atoms in total. The van der Waals surface area contributed by atoms with Crippen LogP contribution in [0.4, 0.5) is 5.82 Å². The molecule has 0 bridgehead atoms. The second-order valence-electron chi connectivity index (χ2n) is 5.59. The number of aryl methyl sites for hydroxylation is 1. The van der Waals surface area contributed by atoms with Crippen LogP contribution in [0.3, 0.4) is 0 Å². The van der Waals surface area contributed by atoms with Crippen LogP contribution in [0, 0.1) is 6.92 Å². The predicted molar refractivity (Wildman–Crippen MR) is 93.3 cm³/mol. The van der Waals surface area contributed by atoms with E-state index in [0.29, 0.717) is 11.3 Å². The van der Waals surface area contributed by atoms with E-state index in [1.165, 1.54) is 12.1 Å². The second kappa shape index (κ2) is 6.25. The SMILES string of the molecule is Cc1ccc(-c2ccc(-c3c(C(=O)O)c(N)[nH]c(=O)c3C(=O)O)cc2)o1. The van der Waals surface area contributed by atoms with Crippen molar-refractivity contribution in [1.29, 1.82) is 0 Å². The van der Waals surface area contributed by atoms with Crippen LogP contribution in [-0.4, -0.2) is 27.1 Å². The molecule has 1 aromatic carbocycles. The topological polar surface area (TPSA) is 147 Å². The number of carboxylic acids is 2. The van der Waals surface area contributed by atoms with Gasteiger partial charge in [0, 0.05) is 11.1 Å². The first-order valence-corrected chi connectivity index (χ1v) is 7.49. The fraction of sp³-hybridized carbons (Fsp3) is 0.0556. The lowest BCUT2D eigenvalue weighted by molar-refractivity contribution is 0.0695. The number of nitrogen functional groups attached to an aromatic ring is 1. The van der Waals surface area contributed by atoms with Crippen molar-refractivity contribution in [2.75, 3.05) is 5.73 Å². The Labute approximate surface area is 146 Å². The molecule has 0 amide bonds. The minimum absolute atomic E-state index is 0.240. The molecule has 0 aliphatic rings. The molecule has 3 aromatic rings. The van der Waals surface area contributed by atoms with E-state index in [9.17, 15) is 24.6 Å². The van der Waals surface area contributed by atoms with Crippen molar-refractivity contribution in [3.8, 4) is 22.5 Å². The number of benzene rings is 1. The summed E-state index contributed by atoms with van der Waals surface area (Å²) in [5.74, 6) is -2.06. The van der Waals surface area contributed by atoms with Crippen molar-refractivity contribution >= 4 is 17.8 Å². The van der Waals surface area contributed by atoms with Gasteiger partial charge < -0.3 is 25.3 Å². The number of aromatic carboxylic acids is 2. The Bertz CT molecular complexity index is 1080. The molecule has 2 heterocycles. The van der Waals surface area contributed by atoms with Gasteiger partial charge in [0.05, 0.1) is 0 Å². The Morgan fingerprint density at radius 1 is 0.962 bits per heavy atom. The number of rotatable bonds is 4. The van der Waals surface area contributed by atoms with Gasteiger partial charge in [-0.1, -0.05) is 24.3 Å². The van der Waals surface area contributed by atoms with Crippen LogP contribution in [0.25, 0.3) is 22.5 Å². The summed E-state index contributed by atoms with van der Waals surface area (Å²) >= 11 is 0. The van der Waals surface area contributed by atoms with Gasteiger partial charge in [0.2, 0.25) is 0 Å². The van der Waals surface area contributed by atoms with Crippen LogP contribution in [0.1, 0.15) is 26.5 Å².